The third-order valence-corrected chi connectivity index (χ3v) is 5.99. The van der Waals surface area contributed by atoms with Crippen molar-refractivity contribution in [2.45, 2.75) is 25.6 Å². The lowest BCUT2D eigenvalue weighted by molar-refractivity contribution is -0.153. The van der Waals surface area contributed by atoms with Gasteiger partial charge in [0.1, 0.15) is 11.5 Å². The number of ether oxygens (including phenoxy) is 2. The molecule has 0 saturated carbocycles. The van der Waals surface area contributed by atoms with E-state index in [1.54, 1.807) is 4.90 Å². The number of carbonyl (C=O) groups excluding carboxylic acids is 2. The topological polar surface area (TPSA) is 55.8 Å². The zero-order valence-electron chi connectivity index (χ0n) is 16.0. The van der Waals surface area contributed by atoms with Crippen molar-refractivity contribution in [3.63, 3.8) is 0 Å². The predicted molar refractivity (Wildman–Crippen MR) is 106 cm³/mol. The number of esters is 1. The lowest BCUT2D eigenvalue weighted by atomic mass is 9.77. The summed E-state index contributed by atoms with van der Waals surface area (Å²) in [6, 6.07) is 14.0. The van der Waals surface area contributed by atoms with E-state index in [4.69, 9.17) is 9.47 Å². The Labute approximate surface area is 163 Å². The summed E-state index contributed by atoms with van der Waals surface area (Å²) in [6.45, 7) is 4.77. The summed E-state index contributed by atoms with van der Waals surface area (Å²) in [5, 5.41) is 2.10. The number of hydrogen-bond acceptors (Lipinski definition) is 4. The highest BCUT2D eigenvalue weighted by atomic mass is 16.6. The second-order valence-corrected chi connectivity index (χ2v) is 8.35. The minimum atomic E-state index is -0.736. The van der Waals surface area contributed by atoms with Crippen LogP contribution in [0.2, 0.25) is 0 Å². The van der Waals surface area contributed by atoms with Crippen LogP contribution in [-0.4, -0.2) is 36.7 Å². The highest BCUT2D eigenvalue weighted by Gasteiger charge is 2.67. The Hall–Kier alpha value is -2.66. The Morgan fingerprint density at radius 1 is 1.25 bits per heavy atom. The second kappa shape index (κ2) is 6.17. The number of benzene rings is 2. The number of amides is 1. The van der Waals surface area contributed by atoms with Crippen molar-refractivity contribution < 1.29 is 19.1 Å². The van der Waals surface area contributed by atoms with Crippen LogP contribution in [0.4, 0.5) is 5.69 Å². The summed E-state index contributed by atoms with van der Waals surface area (Å²) in [5.74, 6) is -1.24. The van der Waals surface area contributed by atoms with Gasteiger partial charge in [-0.1, -0.05) is 62.4 Å². The largest absolute Gasteiger partial charge is 0.465 e. The fourth-order valence-corrected chi connectivity index (χ4v) is 4.76. The van der Waals surface area contributed by atoms with Gasteiger partial charge in [0.2, 0.25) is 5.91 Å². The summed E-state index contributed by atoms with van der Waals surface area (Å²) in [4.78, 5) is 28.0. The van der Waals surface area contributed by atoms with Crippen LogP contribution in [0.25, 0.3) is 10.8 Å². The van der Waals surface area contributed by atoms with Crippen molar-refractivity contribution in [1.82, 2.24) is 0 Å². The van der Waals surface area contributed by atoms with Crippen LogP contribution in [0, 0.1) is 17.8 Å². The summed E-state index contributed by atoms with van der Waals surface area (Å²) in [5.41, 5.74) is 0.127. The molecule has 3 aliphatic heterocycles. The van der Waals surface area contributed by atoms with Crippen molar-refractivity contribution in [2.24, 2.45) is 17.8 Å². The van der Waals surface area contributed by atoms with Gasteiger partial charge in [0, 0.05) is 5.39 Å². The highest BCUT2D eigenvalue weighted by molar-refractivity contribution is 6.08. The first kappa shape index (κ1) is 17.4. The zero-order chi connectivity index (χ0) is 19.5. The Bertz CT molecular complexity index is 992. The molecular weight excluding hydrogens is 354 g/mol. The fraction of sp³-hybridized carbons (Fsp3) is 0.391. The van der Waals surface area contributed by atoms with Gasteiger partial charge in [0.25, 0.3) is 0 Å². The Kier molecular flexibility index (Phi) is 3.85. The number of hydrogen-bond donors (Lipinski definition) is 0. The van der Waals surface area contributed by atoms with Gasteiger partial charge in [0.15, 0.2) is 0 Å². The summed E-state index contributed by atoms with van der Waals surface area (Å²) in [6.07, 6.45) is 3.51. The van der Waals surface area contributed by atoms with Gasteiger partial charge >= 0.3 is 5.97 Å². The van der Waals surface area contributed by atoms with Crippen LogP contribution in [0.5, 0.6) is 0 Å². The molecule has 0 N–H and O–H groups in total. The van der Waals surface area contributed by atoms with Crippen LogP contribution in [0.15, 0.2) is 54.6 Å². The van der Waals surface area contributed by atoms with E-state index in [1.807, 2.05) is 68.5 Å². The second-order valence-electron chi connectivity index (χ2n) is 8.35. The quantitative estimate of drug-likeness (QED) is 0.606. The standard InChI is InChI=1S/C23H23NO4/c1-14(2)12-27-22(26)19-18-10-11-23(28-18)13-24(21(25)20(19)23)17-9-5-7-15-6-3-4-8-16(15)17/h3-11,14,18-20H,12-13H2,1-2H3/t18-,19-,20-,23+/m0/s1. The molecule has 0 unspecified atom stereocenters. The Balaban J connectivity index is 1.50. The Morgan fingerprint density at radius 3 is 2.86 bits per heavy atom. The van der Waals surface area contributed by atoms with Gasteiger partial charge < -0.3 is 14.4 Å². The number of fused-ring (bicyclic) bond motifs is 2. The molecule has 3 aliphatic rings. The smallest absolute Gasteiger partial charge is 0.312 e. The number of nitrogens with zero attached hydrogens (tertiary/aromatic N) is 1. The van der Waals surface area contributed by atoms with Crippen LogP contribution in [-0.2, 0) is 19.1 Å². The third kappa shape index (κ3) is 2.42. The molecule has 2 saturated heterocycles. The van der Waals surface area contributed by atoms with Crippen molar-refractivity contribution >= 4 is 28.3 Å². The molecule has 2 aromatic rings. The van der Waals surface area contributed by atoms with E-state index in [0.717, 1.165) is 16.5 Å². The van der Waals surface area contributed by atoms with E-state index in [2.05, 4.69) is 0 Å². The highest BCUT2D eigenvalue weighted by Crippen LogP contribution is 2.53. The average molecular weight is 377 g/mol. The normalized spacial score (nSPS) is 30.5. The van der Waals surface area contributed by atoms with Crippen molar-refractivity contribution in [3.05, 3.63) is 54.6 Å². The summed E-state index contributed by atoms with van der Waals surface area (Å²) >= 11 is 0. The molecule has 5 nitrogen and oxygen atoms in total. The minimum Gasteiger partial charge on any atom is -0.465 e. The molecule has 0 radical (unpaired) electrons. The zero-order valence-corrected chi connectivity index (χ0v) is 16.0. The predicted octanol–water partition coefficient (Wildman–Crippen LogP) is 3.33. The molecule has 5 rings (SSSR count). The maximum Gasteiger partial charge on any atom is 0.312 e. The fourth-order valence-electron chi connectivity index (χ4n) is 4.76. The van der Waals surface area contributed by atoms with E-state index < -0.39 is 17.4 Å². The van der Waals surface area contributed by atoms with E-state index in [-0.39, 0.29) is 23.9 Å². The van der Waals surface area contributed by atoms with E-state index in [1.165, 1.54) is 0 Å². The molecule has 3 heterocycles. The molecule has 0 aromatic heterocycles. The molecule has 2 bridgehead atoms. The average Bonchev–Trinajstić information content (AvgIpc) is 3.34. The molecule has 144 valence electrons. The maximum atomic E-state index is 13.5. The molecule has 28 heavy (non-hydrogen) atoms. The first-order chi connectivity index (χ1) is 13.5. The van der Waals surface area contributed by atoms with Gasteiger partial charge in [-0.3, -0.25) is 9.59 Å². The molecule has 2 aromatic carbocycles. The molecule has 5 heteroatoms. The maximum absolute atomic E-state index is 13.5. The van der Waals surface area contributed by atoms with Gasteiger partial charge in [-0.05, 0) is 17.4 Å². The first-order valence-corrected chi connectivity index (χ1v) is 9.83. The summed E-state index contributed by atoms with van der Waals surface area (Å²) < 4.78 is 11.7. The molecular formula is C23H23NO4. The lowest BCUT2D eigenvalue weighted by Crippen LogP contribution is -2.40. The van der Waals surface area contributed by atoms with Crippen LogP contribution >= 0.6 is 0 Å². The SMILES string of the molecule is CC(C)COC(=O)[C@H]1[C@@H]2C=C[C@]3(CN(c4cccc5ccccc45)C(=O)[C@H]13)O2. The van der Waals surface area contributed by atoms with Crippen LogP contribution in [0.3, 0.4) is 0 Å². The molecule has 1 amide bonds. The van der Waals surface area contributed by atoms with Gasteiger partial charge in [-0.25, -0.2) is 0 Å². The van der Waals surface area contributed by atoms with Gasteiger partial charge in [0.05, 0.1) is 30.9 Å². The van der Waals surface area contributed by atoms with Gasteiger partial charge in [-0.15, -0.1) is 0 Å². The van der Waals surface area contributed by atoms with E-state index in [9.17, 15) is 9.59 Å². The summed E-state index contributed by atoms with van der Waals surface area (Å²) in [7, 11) is 0. The number of rotatable bonds is 4. The van der Waals surface area contributed by atoms with Crippen molar-refractivity contribution in [1.29, 1.82) is 0 Å². The molecule has 1 spiro atoms. The number of carbonyl (C=O) groups is 2. The Morgan fingerprint density at radius 2 is 2.04 bits per heavy atom. The molecule has 4 atom stereocenters. The molecule has 0 aliphatic carbocycles. The third-order valence-electron chi connectivity index (χ3n) is 5.99. The van der Waals surface area contributed by atoms with E-state index >= 15 is 0 Å². The monoisotopic (exact) mass is 377 g/mol. The van der Waals surface area contributed by atoms with Crippen molar-refractivity contribution in [3.8, 4) is 0 Å². The van der Waals surface area contributed by atoms with E-state index in [0.29, 0.717) is 13.2 Å². The van der Waals surface area contributed by atoms with Crippen LogP contribution < -0.4 is 4.90 Å². The van der Waals surface area contributed by atoms with Gasteiger partial charge in [-0.2, -0.15) is 0 Å². The van der Waals surface area contributed by atoms with Crippen LogP contribution in [0.1, 0.15) is 13.8 Å². The minimum absolute atomic E-state index is 0.0605. The first-order valence-electron chi connectivity index (χ1n) is 9.83. The molecule has 2 fully saturated rings. The van der Waals surface area contributed by atoms with Crippen molar-refractivity contribution in [2.75, 3.05) is 18.1 Å². The number of anilines is 1. The lowest BCUT2D eigenvalue weighted by Gasteiger charge is -2.23.